The van der Waals surface area contributed by atoms with Crippen LogP contribution in [0.25, 0.3) is 0 Å². The molecule has 2 aromatic rings. The van der Waals surface area contributed by atoms with Crippen molar-refractivity contribution in [1.82, 2.24) is 0 Å². The smallest absolute Gasteiger partial charge is 0.148 e. The fraction of sp³-hybridized carbons (Fsp3) is 0.133. The van der Waals surface area contributed by atoms with Gasteiger partial charge in [-0.3, -0.25) is 0 Å². The number of nitrogens with zero attached hydrogens (tertiary/aromatic N) is 1. The number of benzene rings is 2. The minimum Gasteiger partial charge on any atom is -0.497 e. The highest BCUT2D eigenvalue weighted by Gasteiger charge is 2.10. The SMILES string of the molecule is COc1cccc(Oc2cccc(OC)c2C#N)c1. The van der Waals surface area contributed by atoms with Crippen molar-refractivity contribution in [3.63, 3.8) is 0 Å². The first-order chi connectivity index (χ1) is 9.28. The van der Waals surface area contributed by atoms with Gasteiger partial charge in [-0.25, -0.2) is 0 Å². The predicted molar refractivity (Wildman–Crippen MR) is 70.8 cm³/mol. The van der Waals surface area contributed by atoms with Gasteiger partial charge in [-0.2, -0.15) is 5.26 Å². The molecule has 0 bridgehead atoms. The van der Waals surface area contributed by atoms with Gasteiger partial charge in [0.05, 0.1) is 14.2 Å². The fourth-order valence-electron chi connectivity index (χ4n) is 1.67. The summed E-state index contributed by atoms with van der Waals surface area (Å²) >= 11 is 0. The Morgan fingerprint density at radius 1 is 0.895 bits per heavy atom. The third-order valence-electron chi connectivity index (χ3n) is 2.59. The van der Waals surface area contributed by atoms with Gasteiger partial charge in [-0.1, -0.05) is 12.1 Å². The molecule has 0 fully saturated rings. The Morgan fingerprint density at radius 2 is 1.58 bits per heavy atom. The van der Waals surface area contributed by atoms with Crippen LogP contribution in [0.4, 0.5) is 0 Å². The van der Waals surface area contributed by atoms with E-state index in [4.69, 9.17) is 14.2 Å². The van der Waals surface area contributed by atoms with Crippen molar-refractivity contribution in [1.29, 1.82) is 5.26 Å². The third kappa shape index (κ3) is 2.78. The molecule has 0 saturated carbocycles. The second-order valence-corrected chi connectivity index (χ2v) is 3.73. The molecule has 0 heterocycles. The molecule has 4 heteroatoms. The molecular formula is C15H13NO3. The van der Waals surface area contributed by atoms with E-state index in [-0.39, 0.29) is 0 Å². The average Bonchev–Trinajstić information content (AvgIpc) is 2.47. The quantitative estimate of drug-likeness (QED) is 0.840. The summed E-state index contributed by atoms with van der Waals surface area (Å²) in [7, 11) is 3.11. The van der Waals surface area contributed by atoms with E-state index < -0.39 is 0 Å². The number of ether oxygens (including phenoxy) is 3. The van der Waals surface area contributed by atoms with Gasteiger partial charge in [0.25, 0.3) is 0 Å². The second kappa shape index (κ2) is 5.78. The maximum atomic E-state index is 9.17. The van der Waals surface area contributed by atoms with E-state index >= 15 is 0 Å². The molecule has 19 heavy (non-hydrogen) atoms. The van der Waals surface area contributed by atoms with Crippen LogP contribution in [0.1, 0.15) is 5.56 Å². The van der Waals surface area contributed by atoms with Gasteiger partial charge < -0.3 is 14.2 Å². The van der Waals surface area contributed by atoms with Crippen molar-refractivity contribution < 1.29 is 14.2 Å². The predicted octanol–water partition coefficient (Wildman–Crippen LogP) is 3.37. The normalized spacial score (nSPS) is 9.53. The first-order valence-corrected chi connectivity index (χ1v) is 5.67. The van der Waals surface area contributed by atoms with Crippen LogP contribution >= 0.6 is 0 Å². The monoisotopic (exact) mass is 255 g/mol. The van der Waals surface area contributed by atoms with Crippen LogP contribution in [-0.2, 0) is 0 Å². The van der Waals surface area contributed by atoms with Crippen molar-refractivity contribution in [2.24, 2.45) is 0 Å². The Balaban J connectivity index is 2.35. The summed E-state index contributed by atoms with van der Waals surface area (Å²) in [5, 5.41) is 9.17. The number of methoxy groups -OCH3 is 2. The molecule has 0 aliphatic heterocycles. The largest absolute Gasteiger partial charge is 0.497 e. The van der Waals surface area contributed by atoms with Crippen LogP contribution in [0.15, 0.2) is 42.5 Å². The maximum Gasteiger partial charge on any atom is 0.148 e. The Kier molecular flexibility index (Phi) is 3.89. The van der Waals surface area contributed by atoms with Crippen LogP contribution in [0.3, 0.4) is 0 Å². The Labute approximate surface area is 111 Å². The Bertz CT molecular complexity index is 617. The number of rotatable bonds is 4. The first-order valence-electron chi connectivity index (χ1n) is 5.67. The number of nitriles is 1. The van der Waals surface area contributed by atoms with E-state index in [2.05, 4.69) is 6.07 Å². The zero-order valence-corrected chi connectivity index (χ0v) is 10.7. The molecule has 0 aliphatic rings. The Morgan fingerprint density at radius 3 is 2.26 bits per heavy atom. The lowest BCUT2D eigenvalue weighted by Crippen LogP contribution is -1.93. The molecule has 0 saturated heterocycles. The molecule has 0 atom stereocenters. The van der Waals surface area contributed by atoms with Crippen LogP contribution in [0.2, 0.25) is 0 Å². The minimum atomic E-state index is 0.368. The van der Waals surface area contributed by atoms with E-state index in [1.54, 1.807) is 37.4 Å². The van der Waals surface area contributed by atoms with Crippen molar-refractivity contribution in [3.05, 3.63) is 48.0 Å². The zero-order valence-electron chi connectivity index (χ0n) is 10.7. The first kappa shape index (κ1) is 12.8. The van der Waals surface area contributed by atoms with Crippen molar-refractivity contribution in [2.75, 3.05) is 14.2 Å². The number of hydrogen-bond donors (Lipinski definition) is 0. The highest BCUT2D eigenvalue weighted by Crippen LogP contribution is 2.32. The summed E-state index contributed by atoms with van der Waals surface area (Å²) in [5.41, 5.74) is 0.368. The molecule has 0 amide bonds. The van der Waals surface area contributed by atoms with Crippen LogP contribution in [0, 0.1) is 11.3 Å². The van der Waals surface area contributed by atoms with Gasteiger partial charge >= 0.3 is 0 Å². The van der Waals surface area contributed by atoms with E-state index in [0.717, 1.165) is 0 Å². The summed E-state index contributed by atoms with van der Waals surface area (Å²) in [6.45, 7) is 0. The molecule has 0 spiro atoms. The van der Waals surface area contributed by atoms with E-state index in [1.165, 1.54) is 7.11 Å². The van der Waals surface area contributed by atoms with Crippen LogP contribution < -0.4 is 14.2 Å². The van der Waals surface area contributed by atoms with Crippen molar-refractivity contribution in [2.45, 2.75) is 0 Å². The maximum absolute atomic E-state index is 9.17. The van der Waals surface area contributed by atoms with Crippen molar-refractivity contribution >= 4 is 0 Å². The summed E-state index contributed by atoms with van der Waals surface area (Å²) < 4.78 is 16.0. The molecule has 0 N–H and O–H groups in total. The molecule has 96 valence electrons. The van der Waals surface area contributed by atoms with Gasteiger partial charge in [0.1, 0.15) is 34.6 Å². The third-order valence-corrected chi connectivity index (χ3v) is 2.59. The van der Waals surface area contributed by atoms with E-state index in [1.807, 2.05) is 12.1 Å². The molecule has 0 radical (unpaired) electrons. The standard InChI is InChI=1S/C15H13NO3/c1-17-11-5-3-6-12(9-11)19-15-8-4-7-14(18-2)13(15)10-16/h3-9H,1-2H3. The van der Waals surface area contributed by atoms with Crippen molar-refractivity contribution in [3.8, 4) is 29.1 Å². The minimum absolute atomic E-state index is 0.368. The van der Waals surface area contributed by atoms with Gasteiger partial charge in [-0.05, 0) is 24.3 Å². The highest BCUT2D eigenvalue weighted by molar-refractivity contribution is 5.54. The van der Waals surface area contributed by atoms with E-state index in [9.17, 15) is 5.26 Å². The van der Waals surface area contributed by atoms with Crippen LogP contribution in [0.5, 0.6) is 23.0 Å². The molecule has 0 unspecified atom stereocenters. The highest BCUT2D eigenvalue weighted by atomic mass is 16.5. The summed E-state index contributed by atoms with van der Waals surface area (Å²) in [4.78, 5) is 0. The van der Waals surface area contributed by atoms with Gasteiger partial charge in [0, 0.05) is 6.07 Å². The summed E-state index contributed by atoms with van der Waals surface area (Å²) in [6, 6.07) is 14.5. The molecule has 2 rings (SSSR count). The molecule has 0 aromatic heterocycles. The topological polar surface area (TPSA) is 51.5 Å². The summed E-state index contributed by atoms with van der Waals surface area (Å²) in [5.74, 6) is 2.24. The van der Waals surface area contributed by atoms with E-state index in [0.29, 0.717) is 28.6 Å². The molecular weight excluding hydrogens is 242 g/mol. The van der Waals surface area contributed by atoms with Gasteiger partial charge in [-0.15, -0.1) is 0 Å². The molecule has 2 aromatic carbocycles. The molecule has 4 nitrogen and oxygen atoms in total. The molecule has 0 aliphatic carbocycles. The Hall–Kier alpha value is -2.67. The lowest BCUT2D eigenvalue weighted by Gasteiger charge is -2.10. The average molecular weight is 255 g/mol. The van der Waals surface area contributed by atoms with Gasteiger partial charge in [0.15, 0.2) is 0 Å². The second-order valence-electron chi connectivity index (χ2n) is 3.73. The lowest BCUT2D eigenvalue weighted by atomic mass is 10.2. The summed E-state index contributed by atoms with van der Waals surface area (Å²) in [6.07, 6.45) is 0. The number of hydrogen-bond acceptors (Lipinski definition) is 4. The zero-order chi connectivity index (χ0) is 13.7. The van der Waals surface area contributed by atoms with Crippen LogP contribution in [-0.4, -0.2) is 14.2 Å². The fourth-order valence-corrected chi connectivity index (χ4v) is 1.67. The van der Waals surface area contributed by atoms with Gasteiger partial charge in [0.2, 0.25) is 0 Å². The lowest BCUT2D eigenvalue weighted by molar-refractivity contribution is 0.402.